The average molecular weight is 313 g/mol. The van der Waals surface area contributed by atoms with Gasteiger partial charge in [0.1, 0.15) is 23.5 Å². The monoisotopic (exact) mass is 313 g/mol. The third kappa shape index (κ3) is 2.89. The molecule has 1 amide bonds. The van der Waals surface area contributed by atoms with Gasteiger partial charge in [-0.15, -0.1) is 0 Å². The molecule has 0 aliphatic carbocycles. The van der Waals surface area contributed by atoms with Gasteiger partial charge in [-0.2, -0.15) is 5.10 Å². The first kappa shape index (κ1) is 14.7. The number of hydrogen-bond donors (Lipinski definition) is 2. The lowest BCUT2D eigenvalue weighted by atomic mass is 10.2. The number of aromatic nitrogens is 5. The second-order valence-electron chi connectivity index (χ2n) is 4.81. The fourth-order valence-corrected chi connectivity index (χ4v) is 1.97. The van der Waals surface area contributed by atoms with Gasteiger partial charge in [0.25, 0.3) is 5.89 Å². The maximum Gasteiger partial charge on any atom is 0.306 e. The van der Waals surface area contributed by atoms with Crippen molar-refractivity contribution in [3.05, 3.63) is 36.2 Å². The van der Waals surface area contributed by atoms with Crippen LogP contribution < -0.4 is 10.6 Å². The van der Waals surface area contributed by atoms with Crippen LogP contribution in [0.2, 0.25) is 0 Å². The van der Waals surface area contributed by atoms with Crippen LogP contribution in [0.25, 0.3) is 11.4 Å². The number of nitrogens with zero attached hydrogens (tertiary/aromatic N) is 5. The first-order valence-corrected chi connectivity index (χ1v) is 6.85. The predicted molar refractivity (Wildman–Crippen MR) is 82.1 cm³/mol. The summed E-state index contributed by atoms with van der Waals surface area (Å²) in [5.74, 6) is 0.752. The number of carbonyl (C=O) groups excluding carboxylic acids is 1. The van der Waals surface area contributed by atoms with Gasteiger partial charge in [0.05, 0.1) is 6.20 Å². The van der Waals surface area contributed by atoms with E-state index in [2.05, 4.69) is 30.7 Å². The Kier molecular flexibility index (Phi) is 3.75. The van der Waals surface area contributed by atoms with Crippen molar-refractivity contribution in [1.29, 1.82) is 0 Å². The number of carbonyl (C=O) groups is 1. The molecule has 3 heterocycles. The maximum atomic E-state index is 11.5. The molecule has 23 heavy (non-hydrogen) atoms. The molecule has 0 saturated carbocycles. The first-order chi connectivity index (χ1) is 11.1. The number of anilines is 2. The van der Waals surface area contributed by atoms with Gasteiger partial charge in [0.2, 0.25) is 5.95 Å². The summed E-state index contributed by atoms with van der Waals surface area (Å²) in [7, 11) is 3.32. The van der Waals surface area contributed by atoms with Crippen molar-refractivity contribution in [1.82, 2.24) is 30.0 Å². The molecule has 0 aromatic carbocycles. The van der Waals surface area contributed by atoms with E-state index in [0.29, 0.717) is 17.3 Å². The molecule has 0 aliphatic heterocycles. The Morgan fingerprint density at radius 3 is 2.87 bits per heavy atom. The molecule has 0 fully saturated rings. The molecule has 2 N–H and O–H groups in total. The number of oxazole rings is 1. The van der Waals surface area contributed by atoms with Gasteiger partial charge in [-0.1, -0.05) is 0 Å². The van der Waals surface area contributed by atoms with E-state index >= 15 is 0 Å². The Bertz CT molecular complexity index is 852. The van der Waals surface area contributed by atoms with Crippen LogP contribution in [0.3, 0.4) is 0 Å². The minimum absolute atomic E-state index is 0.0124. The Labute approximate surface area is 131 Å². The van der Waals surface area contributed by atoms with Crippen LogP contribution in [0, 0.1) is 6.92 Å². The fourth-order valence-electron chi connectivity index (χ4n) is 1.97. The van der Waals surface area contributed by atoms with Crippen molar-refractivity contribution < 1.29 is 9.21 Å². The van der Waals surface area contributed by atoms with E-state index in [9.17, 15) is 4.79 Å². The lowest BCUT2D eigenvalue weighted by molar-refractivity contribution is 0.0929. The summed E-state index contributed by atoms with van der Waals surface area (Å²) in [5, 5.41) is 9.60. The van der Waals surface area contributed by atoms with Crippen molar-refractivity contribution in [2.24, 2.45) is 7.05 Å². The summed E-state index contributed by atoms with van der Waals surface area (Å²) in [6.45, 7) is 1.86. The SMILES string of the molecule is CNC(=O)c1nc(-c2nc(Nc3ccnn3C)ncc2C)co1. The van der Waals surface area contributed by atoms with Crippen LogP contribution >= 0.6 is 0 Å². The predicted octanol–water partition coefficient (Wildman–Crippen LogP) is 1.28. The summed E-state index contributed by atoms with van der Waals surface area (Å²) < 4.78 is 6.84. The Morgan fingerprint density at radius 2 is 2.17 bits per heavy atom. The van der Waals surface area contributed by atoms with E-state index in [1.165, 1.54) is 13.3 Å². The molecule has 0 bridgehead atoms. The molecule has 0 spiro atoms. The Balaban J connectivity index is 1.93. The van der Waals surface area contributed by atoms with Crippen LogP contribution in [-0.2, 0) is 7.05 Å². The summed E-state index contributed by atoms with van der Waals surface area (Å²) >= 11 is 0. The Morgan fingerprint density at radius 1 is 1.35 bits per heavy atom. The number of hydrogen-bond acceptors (Lipinski definition) is 7. The zero-order valence-electron chi connectivity index (χ0n) is 12.9. The van der Waals surface area contributed by atoms with Crippen LogP contribution in [0.1, 0.15) is 16.2 Å². The van der Waals surface area contributed by atoms with Crippen LogP contribution in [0.5, 0.6) is 0 Å². The molecular formula is C14H15N7O2. The molecular weight excluding hydrogens is 298 g/mol. The number of aryl methyl sites for hydroxylation is 2. The quantitative estimate of drug-likeness (QED) is 0.746. The summed E-state index contributed by atoms with van der Waals surface area (Å²) in [4.78, 5) is 24.4. The van der Waals surface area contributed by atoms with E-state index in [0.717, 1.165) is 11.4 Å². The lowest BCUT2D eigenvalue weighted by Crippen LogP contribution is -2.18. The lowest BCUT2D eigenvalue weighted by Gasteiger charge is -2.07. The first-order valence-electron chi connectivity index (χ1n) is 6.85. The highest BCUT2D eigenvalue weighted by Gasteiger charge is 2.16. The van der Waals surface area contributed by atoms with Crippen molar-refractivity contribution >= 4 is 17.7 Å². The molecule has 0 saturated heterocycles. The molecule has 0 radical (unpaired) electrons. The molecule has 0 atom stereocenters. The topological polar surface area (TPSA) is 111 Å². The number of amides is 1. The molecule has 9 heteroatoms. The highest BCUT2D eigenvalue weighted by molar-refractivity contribution is 5.89. The molecule has 118 valence electrons. The largest absolute Gasteiger partial charge is 0.440 e. The summed E-state index contributed by atoms with van der Waals surface area (Å²) in [6.07, 6.45) is 4.74. The number of nitrogens with one attached hydrogen (secondary N) is 2. The van der Waals surface area contributed by atoms with Crippen LogP contribution in [0.15, 0.2) is 29.1 Å². The second kappa shape index (κ2) is 5.87. The molecule has 3 aromatic rings. The molecule has 0 unspecified atom stereocenters. The fraction of sp³-hybridized carbons (Fsp3) is 0.214. The number of rotatable bonds is 4. The van der Waals surface area contributed by atoms with Gasteiger partial charge >= 0.3 is 5.91 Å². The average Bonchev–Trinajstić information content (AvgIpc) is 3.18. The zero-order chi connectivity index (χ0) is 16.4. The van der Waals surface area contributed by atoms with E-state index in [1.54, 1.807) is 17.1 Å². The van der Waals surface area contributed by atoms with Crippen LogP contribution in [-0.4, -0.2) is 37.7 Å². The molecule has 9 nitrogen and oxygen atoms in total. The third-order valence-corrected chi connectivity index (χ3v) is 3.20. The molecule has 0 aliphatic rings. The second-order valence-corrected chi connectivity index (χ2v) is 4.81. The normalized spacial score (nSPS) is 10.6. The minimum Gasteiger partial charge on any atom is -0.440 e. The van der Waals surface area contributed by atoms with Crippen molar-refractivity contribution in [3.8, 4) is 11.4 Å². The molecule has 3 rings (SSSR count). The van der Waals surface area contributed by atoms with Crippen LogP contribution in [0.4, 0.5) is 11.8 Å². The van der Waals surface area contributed by atoms with E-state index < -0.39 is 5.91 Å². The third-order valence-electron chi connectivity index (χ3n) is 3.20. The van der Waals surface area contributed by atoms with E-state index in [-0.39, 0.29) is 5.89 Å². The van der Waals surface area contributed by atoms with Crippen molar-refractivity contribution in [2.45, 2.75) is 6.92 Å². The summed E-state index contributed by atoms with van der Waals surface area (Å²) in [6, 6.07) is 1.81. The van der Waals surface area contributed by atoms with Gasteiger partial charge < -0.3 is 15.1 Å². The van der Waals surface area contributed by atoms with Crippen molar-refractivity contribution in [2.75, 3.05) is 12.4 Å². The van der Waals surface area contributed by atoms with Gasteiger partial charge in [-0.3, -0.25) is 9.48 Å². The smallest absolute Gasteiger partial charge is 0.306 e. The van der Waals surface area contributed by atoms with Gasteiger partial charge in [0, 0.05) is 26.4 Å². The Hall–Kier alpha value is -3.23. The zero-order valence-corrected chi connectivity index (χ0v) is 12.9. The molecule has 3 aromatic heterocycles. The van der Waals surface area contributed by atoms with E-state index in [4.69, 9.17) is 4.42 Å². The van der Waals surface area contributed by atoms with Gasteiger partial charge in [-0.05, 0) is 12.5 Å². The highest BCUT2D eigenvalue weighted by Crippen LogP contribution is 2.22. The summed E-state index contributed by atoms with van der Waals surface area (Å²) in [5.41, 5.74) is 1.87. The van der Waals surface area contributed by atoms with Crippen molar-refractivity contribution in [3.63, 3.8) is 0 Å². The van der Waals surface area contributed by atoms with Gasteiger partial charge in [0.15, 0.2) is 0 Å². The minimum atomic E-state index is -0.392. The van der Waals surface area contributed by atoms with Gasteiger partial charge in [-0.25, -0.2) is 15.0 Å². The van der Waals surface area contributed by atoms with E-state index in [1.807, 2.05) is 20.0 Å². The highest BCUT2D eigenvalue weighted by atomic mass is 16.4. The standard InChI is InChI=1S/C14H15N7O2/c1-8-6-16-14(19-10-4-5-17-21(10)3)20-11(8)9-7-23-13(18-9)12(22)15-2/h4-7H,1-3H3,(H,15,22)(H,16,19,20). The maximum absolute atomic E-state index is 11.5.